The van der Waals surface area contributed by atoms with Gasteiger partial charge in [-0.25, -0.2) is 0 Å². The van der Waals surface area contributed by atoms with Crippen LogP contribution in [0.5, 0.6) is 0 Å². The Morgan fingerprint density at radius 2 is 0.500 bits per heavy atom. The van der Waals surface area contributed by atoms with Gasteiger partial charge in [0.1, 0.15) is 13.2 Å². The van der Waals surface area contributed by atoms with Gasteiger partial charge in [-0.2, -0.15) is 0 Å². The summed E-state index contributed by atoms with van der Waals surface area (Å²) in [5.74, 6) is -0.871. The fourth-order valence-corrected chi connectivity index (χ4v) is 10.7. The van der Waals surface area contributed by atoms with E-state index in [1.165, 1.54) is 250 Å². The van der Waals surface area contributed by atoms with Gasteiger partial charge in [-0.1, -0.05) is 353 Å². The van der Waals surface area contributed by atoms with Crippen LogP contribution >= 0.6 is 0 Å². The standard InChI is InChI=1S/C72H134O6/c1-4-7-10-13-16-19-22-24-26-27-28-29-30-31-32-33-34-35-36-37-38-39-40-41-42-43-44-45-47-48-50-53-56-59-62-65-71(74)77-68-69(67-76-70(73)64-61-58-55-52-21-18-15-12-9-6-3)78-72(75)66-63-60-57-54-51-49-46-25-23-20-17-14-11-8-5-2/h8,11,17,20,25,46,69H,4-7,9-10,12-16,18-19,21-24,26-45,47-68H2,1-3H3/b11-8-,20-17-,46-25-. The van der Waals surface area contributed by atoms with Crippen LogP contribution in [0.4, 0.5) is 0 Å². The largest absolute Gasteiger partial charge is 0.462 e. The first-order chi connectivity index (χ1) is 38.5. The fourth-order valence-electron chi connectivity index (χ4n) is 10.7. The van der Waals surface area contributed by atoms with Crippen molar-refractivity contribution in [3.05, 3.63) is 36.5 Å². The Labute approximate surface area is 486 Å². The molecule has 0 amide bonds. The summed E-state index contributed by atoms with van der Waals surface area (Å²) in [6.07, 6.45) is 83.6. The highest BCUT2D eigenvalue weighted by atomic mass is 16.6. The molecule has 6 nitrogen and oxygen atoms in total. The van der Waals surface area contributed by atoms with E-state index in [1.807, 2.05) is 0 Å². The molecule has 78 heavy (non-hydrogen) atoms. The Morgan fingerprint density at radius 3 is 0.782 bits per heavy atom. The molecule has 0 aliphatic rings. The highest BCUT2D eigenvalue weighted by Gasteiger charge is 2.19. The molecule has 0 N–H and O–H groups in total. The van der Waals surface area contributed by atoms with Gasteiger partial charge < -0.3 is 14.2 Å². The molecule has 1 unspecified atom stereocenters. The van der Waals surface area contributed by atoms with Crippen LogP contribution in [0.25, 0.3) is 0 Å². The van der Waals surface area contributed by atoms with E-state index < -0.39 is 6.10 Å². The van der Waals surface area contributed by atoms with E-state index in [0.717, 1.165) is 96.3 Å². The molecule has 0 radical (unpaired) electrons. The number of hydrogen-bond acceptors (Lipinski definition) is 6. The van der Waals surface area contributed by atoms with Crippen LogP contribution in [0.1, 0.15) is 387 Å². The van der Waals surface area contributed by atoms with Crippen molar-refractivity contribution in [2.45, 2.75) is 393 Å². The summed E-state index contributed by atoms with van der Waals surface area (Å²) in [6.45, 7) is 6.56. The zero-order chi connectivity index (χ0) is 56.4. The number of ether oxygens (including phenoxy) is 3. The first kappa shape index (κ1) is 75.6. The van der Waals surface area contributed by atoms with Crippen molar-refractivity contribution in [1.82, 2.24) is 0 Å². The predicted octanol–water partition coefficient (Wildman–Crippen LogP) is 23.9. The van der Waals surface area contributed by atoms with E-state index in [1.54, 1.807) is 0 Å². The van der Waals surface area contributed by atoms with Crippen LogP contribution < -0.4 is 0 Å². The second-order valence-corrected chi connectivity index (χ2v) is 23.8. The molecule has 0 rings (SSSR count). The average Bonchev–Trinajstić information content (AvgIpc) is 3.44. The zero-order valence-electron chi connectivity index (χ0n) is 52.7. The lowest BCUT2D eigenvalue weighted by Gasteiger charge is -2.18. The lowest BCUT2D eigenvalue weighted by atomic mass is 10.0. The summed E-state index contributed by atoms with van der Waals surface area (Å²) in [6, 6.07) is 0. The maximum absolute atomic E-state index is 12.9. The maximum atomic E-state index is 12.9. The summed E-state index contributed by atoms with van der Waals surface area (Å²) < 4.78 is 16.9. The van der Waals surface area contributed by atoms with Crippen molar-refractivity contribution in [1.29, 1.82) is 0 Å². The van der Waals surface area contributed by atoms with Crippen LogP contribution in [0, 0.1) is 0 Å². The van der Waals surface area contributed by atoms with Gasteiger partial charge in [0.25, 0.3) is 0 Å². The van der Waals surface area contributed by atoms with Crippen LogP contribution in [-0.2, 0) is 28.6 Å². The molecule has 0 bridgehead atoms. The van der Waals surface area contributed by atoms with Crippen LogP contribution in [0.2, 0.25) is 0 Å². The number of carbonyl (C=O) groups excluding carboxylic acids is 3. The lowest BCUT2D eigenvalue weighted by Crippen LogP contribution is -2.30. The van der Waals surface area contributed by atoms with Gasteiger partial charge in [0.2, 0.25) is 0 Å². The minimum Gasteiger partial charge on any atom is -0.462 e. The van der Waals surface area contributed by atoms with Crippen molar-refractivity contribution in [3.8, 4) is 0 Å². The number of esters is 3. The Balaban J connectivity index is 3.97. The summed E-state index contributed by atoms with van der Waals surface area (Å²) in [7, 11) is 0. The van der Waals surface area contributed by atoms with Gasteiger partial charge in [0.05, 0.1) is 0 Å². The summed E-state index contributed by atoms with van der Waals surface area (Å²) in [5.41, 5.74) is 0. The summed E-state index contributed by atoms with van der Waals surface area (Å²) in [4.78, 5) is 38.2. The lowest BCUT2D eigenvalue weighted by molar-refractivity contribution is -0.167. The molecule has 6 heteroatoms. The molecule has 0 saturated carbocycles. The van der Waals surface area contributed by atoms with Crippen molar-refractivity contribution in [2.75, 3.05) is 13.2 Å². The molecule has 1 atom stereocenters. The molecule has 0 aliphatic carbocycles. The Morgan fingerprint density at radius 1 is 0.269 bits per heavy atom. The number of rotatable bonds is 65. The quantitative estimate of drug-likeness (QED) is 0.0261. The molecule has 458 valence electrons. The van der Waals surface area contributed by atoms with E-state index in [9.17, 15) is 14.4 Å². The van der Waals surface area contributed by atoms with E-state index in [4.69, 9.17) is 14.2 Å². The van der Waals surface area contributed by atoms with Gasteiger partial charge in [-0.3, -0.25) is 14.4 Å². The molecule has 0 saturated heterocycles. The molecule has 0 fully saturated rings. The smallest absolute Gasteiger partial charge is 0.306 e. The van der Waals surface area contributed by atoms with E-state index in [-0.39, 0.29) is 31.1 Å². The fraction of sp³-hybridized carbons (Fsp3) is 0.875. The molecule has 0 aliphatic heterocycles. The Kier molecular flexibility index (Phi) is 65.1. The molecule has 0 heterocycles. The zero-order valence-corrected chi connectivity index (χ0v) is 52.7. The third-order valence-electron chi connectivity index (χ3n) is 15.9. The first-order valence-electron chi connectivity index (χ1n) is 35.0. The second-order valence-electron chi connectivity index (χ2n) is 23.8. The van der Waals surface area contributed by atoms with Crippen LogP contribution in [0.15, 0.2) is 36.5 Å². The van der Waals surface area contributed by atoms with Gasteiger partial charge in [0.15, 0.2) is 6.10 Å². The summed E-state index contributed by atoms with van der Waals surface area (Å²) >= 11 is 0. The number of carbonyl (C=O) groups is 3. The molecule has 0 aromatic heterocycles. The third kappa shape index (κ3) is 64.5. The van der Waals surface area contributed by atoms with Crippen molar-refractivity contribution in [3.63, 3.8) is 0 Å². The minimum atomic E-state index is -0.777. The molecule has 0 aromatic rings. The molecular weight excluding hydrogens is 961 g/mol. The highest BCUT2D eigenvalue weighted by molar-refractivity contribution is 5.71. The average molecular weight is 1100 g/mol. The van der Waals surface area contributed by atoms with E-state index in [0.29, 0.717) is 19.3 Å². The summed E-state index contributed by atoms with van der Waals surface area (Å²) in [5, 5.41) is 0. The monoisotopic (exact) mass is 1100 g/mol. The van der Waals surface area contributed by atoms with Gasteiger partial charge in [0, 0.05) is 19.3 Å². The van der Waals surface area contributed by atoms with Crippen molar-refractivity contribution >= 4 is 17.9 Å². The number of allylic oxidation sites excluding steroid dienone is 6. The van der Waals surface area contributed by atoms with Crippen LogP contribution in [-0.4, -0.2) is 37.2 Å². The van der Waals surface area contributed by atoms with E-state index in [2.05, 4.69) is 57.2 Å². The Bertz CT molecular complexity index is 1300. The maximum Gasteiger partial charge on any atom is 0.306 e. The van der Waals surface area contributed by atoms with Gasteiger partial charge in [-0.15, -0.1) is 0 Å². The third-order valence-corrected chi connectivity index (χ3v) is 15.9. The topological polar surface area (TPSA) is 78.9 Å². The Hall–Kier alpha value is -2.37. The number of unbranched alkanes of at least 4 members (excludes halogenated alkanes) is 48. The van der Waals surface area contributed by atoms with Crippen LogP contribution in [0.3, 0.4) is 0 Å². The van der Waals surface area contributed by atoms with Crippen molar-refractivity contribution < 1.29 is 28.6 Å². The number of hydrogen-bond donors (Lipinski definition) is 0. The highest BCUT2D eigenvalue weighted by Crippen LogP contribution is 2.19. The SMILES string of the molecule is CC/C=C\C/C=C\C/C=C\CCCCCCCC(=O)OC(COC(=O)CCCCCCCCCCCC)COC(=O)CCCCCCCCCCCCCCCCCCCCCCCCCCCCCCCCCCCCC. The predicted molar refractivity (Wildman–Crippen MR) is 339 cm³/mol. The molecular formula is C72H134O6. The second kappa shape index (κ2) is 67.1. The molecule has 0 spiro atoms. The van der Waals surface area contributed by atoms with E-state index >= 15 is 0 Å². The van der Waals surface area contributed by atoms with Crippen molar-refractivity contribution in [2.24, 2.45) is 0 Å². The first-order valence-corrected chi connectivity index (χ1v) is 35.0. The molecule has 0 aromatic carbocycles. The van der Waals surface area contributed by atoms with Gasteiger partial charge >= 0.3 is 17.9 Å². The normalized spacial score (nSPS) is 12.2. The minimum absolute atomic E-state index is 0.0744. The van der Waals surface area contributed by atoms with Gasteiger partial charge in [-0.05, 0) is 51.4 Å².